The van der Waals surface area contributed by atoms with Crippen molar-refractivity contribution in [3.8, 4) is 0 Å². The molecule has 0 heterocycles. The van der Waals surface area contributed by atoms with Crippen LogP contribution in [0.2, 0.25) is 0 Å². The molecule has 2 aromatic rings. The molecule has 0 bridgehead atoms. The van der Waals surface area contributed by atoms with Gasteiger partial charge in [-0.2, -0.15) is 0 Å². The lowest BCUT2D eigenvalue weighted by Crippen LogP contribution is -2.42. The Labute approximate surface area is 122 Å². The number of ketones is 2. The molecule has 1 aliphatic rings. The fourth-order valence-electron chi connectivity index (χ4n) is 2.69. The number of non-ortho nitro benzene ring substituents is 1. The van der Waals surface area contributed by atoms with Gasteiger partial charge in [0.15, 0.2) is 0 Å². The van der Waals surface area contributed by atoms with E-state index in [1.807, 2.05) is 0 Å². The fraction of sp³-hybridized carbons (Fsp3) is 0.143. The van der Waals surface area contributed by atoms with Gasteiger partial charge in [0.1, 0.15) is 0 Å². The minimum atomic E-state index is -1.86. The summed E-state index contributed by atoms with van der Waals surface area (Å²) in [4.78, 5) is 44.2. The van der Waals surface area contributed by atoms with Crippen LogP contribution in [0.15, 0.2) is 30.3 Å². The Morgan fingerprint density at radius 2 is 1.77 bits per heavy atom. The first kappa shape index (κ1) is 13.8. The molecule has 0 amide bonds. The van der Waals surface area contributed by atoms with Crippen molar-refractivity contribution in [2.45, 2.75) is 12.5 Å². The van der Waals surface area contributed by atoms with Crippen LogP contribution in [0, 0.1) is 20.2 Å². The molecule has 1 atom stereocenters. The van der Waals surface area contributed by atoms with Gasteiger partial charge >= 0.3 is 6.04 Å². The maximum Gasteiger partial charge on any atom is 0.332 e. The Bertz CT molecular complexity index is 873. The molecule has 2 aromatic carbocycles. The summed E-state index contributed by atoms with van der Waals surface area (Å²) in [5, 5.41) is 22.7. The molecule has 22 heavy (non-hydrogen) atoms. The third kappa shape index (κ3) is 1.93. The zero-order valence-corrected chi connectivity index (χ0v) is 11.0. The second-order valence-corrected chi connectivity index (χ2v) is 4.95. The number of fused-ring (bicyclic) bond motifs is 3. The molecule has 0 fully saturated rings. The third-order valence-electron chi connectivity index (χ3n) is 3.71. The van der Waals surface area contributed by atoms with E-state index in [9.17, 15) is 29.8 Å². The highest BCUT2D eigenvalue weighted by Gasteiger charge is 2.43. The normalized spacial score (nSPS) is 17.4. The average molecular weight is 300 g/mol. The number of benzene rings is 2. The van der Waals surface area contributed by atoms with Crippen molar-refractivity contribution in [1.29, 1.82) is 0 Å². The van der Waals surface area contributed by atoms with E-state index in [1.165, 1.54) is 30.3 Å². The highest BCUT2D eigenvalue weighted by atomic mass is 16.6. The standard InChI is InChI=1S/C14H8N2O6/c17-12-6-11-9-4-2-8(15(19)20)5-7(9)1-3-10(11)14(18)13(12)16(21)22/h1-5,13H,6H2. The number of nitrogens with zero attached hydrogens (tertiary/aromatic N) is 2. The fourth-order valence-corrected chi connectivity index (χ4v) is 2.69. The predicted molar refractivity (Wildman–Crippen MR) is 74.4 cm³/mol. The van der Waals surface area contributed by atoms with Gasteiger partial charge in [0.2, 0.25) is 11.6 Å². The summed E-state index contributed by atoms with van der Waals surface area (Å²) >= 11 is 0. The molecule has 0 N–H and O–H groups in total. The van der Waals surface area contributed by atoms with Crippen LogP contribution < -0.4 is 0 Å². The lowest BCUT2D eigenvalue weighted by atomic mass is 9.83. The van der Waals surface area contributed by atoms with Crippen molar-refractivity contribution >= 4 is 28.0 Å². The molecule has 8 heteroatoms. The number of hydrogen-bond acceptors (Lipinski definition) is 6. The van der Waals surface area contributed by atoms with Crippen molar-refractivity contribution < 1.29 is 19.4 Å². The van der Waals surface area contributed by atoms with E-state index in [0.717, 1.165) is 0 Å². The van der Waals surface area contributed by atoms with E-state index < -0.39 is 27.5 Å². The highest BCUT2D eigenvalue weighted by Crippen LogP contribution is 2.30. The van der Waals surface area contributed by atoms with Crippen molar-refractivity contribution in [1.82, 2.24) is 0 Å². The minimum absolute atomic E-state index is 0.107. The predicted octanol–water partition coefficient (Wildman–Crippen LogP) is 1.70. The third-order valence-corrected chi connectivity index (χ3v) is 3.71. The molecule has 0 aromatic heterocycles. The summed E-state index contributed by atoms with van der Waals surface area (Å²) in [7, 11) is 0. The van der Waals surface area contributed by atoms with E-state index >= 15 is 0 Å². The van der Waals surface area contributed by atoms with E-state index in [4.69, 9.17) is 0 Å². The van der Waals surface area contributed by atoms with Crippen LogP contribution in [-0.2, 0) is 11.2 Å². The van der Waals surface area contributed by atoms with Crippen molar-refractivity contribution in [2.24, 2.45) is 0 Å². The summed E-state index contributed by atoms with van der Waals surface area (Å²) in [5.74, 6) is -1.61. The Morgan fingerprint density at radius 1 is 1.05 bits per heavy atom. The molecule has 0 radical (unpaired) electrons. The number of Topliss-reactive ketones (excluding diaryl/α,β-unsaturated/α-hetero) is 2. The Hall–Kier alpha value is -3.16. The number of rotatable bonds is 2. The summed E-state index contributed by atoms with van der Waals surface area (Å²) in [6.45, 7) is 0. The molecular formula is C14H8N2O6. The zero-order valence-electron chi connectivity index (χ0n) is 11.0. The first-order valence-corrected chi connectivity index (χ1v) is 6.30. The molecule has 1 unspecified atom stereocenters. The van der Waals surface area contributed by atoms with Crippen LogP contribution in [0.4, 0.5) is 5.69 Å². The van der Waals surface area contributed by atoms with Crippen molar-refractivity contribution in [3.63, 3.8) is 0 Å². The molecular weight excluding hydrogens is 292 g/mol. The Kier molecular flexibility index (Phi) is 2.94. The van der Waals surface area contributed by atoms with Crippen LogP contribution in [0.25, 0.3) is 10.8 Å². The van der Waals surface area contributed by atoms with Crippen LogP contribution >= 0.6 is 0 Å². The first-order chi connectivity index (χ1) is 10.4. The molecule has 0 aliphatic heterocycles. The van der Waals surface area contributed by atoms with Crippen LogP contribution in [0.1, 0.15) is 15.9 Å². The maximum atomic E-state index is 12.1. The molecule has 0 spiro atoms. The smallest absolute Gasteiger partial charge is 0.291 e. The van der Waals surface area contributed by atoms with Gasteiger partial charge in [-0.25, -0.2) is 0 Å². The van der Waals surface area contributed by atoms with Crippen LogP contribution in [-0.4, -0.2) is 27.5 Å². The van der Waals surface area contributed by atoms with Crippen LogP contribution in [0.5, 0.6) is 0 Å². The molecule has 110 valence electrons. The highest BCUT2D eigenvalue weighted by molar-refractivity contribution is 6.19. The van der Waals surface area contributed by atoms with Gasteiger partial charge in [-0.3, -0.25) is 29.8 Å². The maximum absolute atomic E-state index is 12.1. The lowest BCUT2D eigenvalue weighted by molar-refractivity contribution is -0.491. The minimum Gasteiger partial charge on any atom is -0.291 e. The van der Waals surface area contributed by atoms with Gasteiger partial charge in [-0.1, -0.05) is 12.1 Å². The van der Waals surface area contributed by atoms with E-state index in [2.05, 4.69) is 0 Å². The number of nitro benzene ring substituents is 1. The van der Waals surface area contributed by atoms with Gasteiger partial charge < -0.3 is 0 Å². The SMILES string of the molecule is O=C1Cc2c(ccc3cc([N+](=O)[O-])ccc23)C(=O)C1[N+](=O)[O-]. The summed E-state index contributed by atoms with van der Waals surface area (Å²) < 4.78 is 0. The van der Waals surface area contributed by atoms with Crippen molar-refractivity contribution in [2.75, 3.05) is 0 Å². The van der Waals surface area contributed by atoms with Crippen molar-refractivity contribution in [3.05, 3.63) is 61.7 Å². The second kappa shape index (κ2) is 4.69. The molecule has 1 aliphatic carbocycles. The quantitative estimate of drug-likeness (QED) is 0.473. The number of carbonyl (C=O) groups is 2. The lowest BCUT2D eigenvalue weighted by Gasteiger charge is -2.18. The topological polar surface area (TPSA) is 120 Å². The zero-order chi connectivity index (χ0) is 16.0. The largest absolute Gasteiger partial charge is 0.332 e. The summed E-state index contributed by atoms with van der Waals surface area (Å²) in [5.41, 5.74) is 0.409. The second-order valence-electron chi connectivity index (χ2n) is 4.95. The number of nitro groups is 2. The van der Waals surface area contributed by atoms with E-state index in [1.54, 1.807) is 0 Å². The number of hydrogen-bond donors (Lipinski definition) is 0. The van der Waals surface area contributed by atoms with Gasteiger partial charge in [0.05, 0.1) is 4.92 Å². The molecule has 0 saturated heterocycles. The monoisotopic (exact) mass is 300 g/mol. The summed E-state index contributed by atoms with van der Waals surface area (Å²) in [6, 6.07) is 5.09. The van der Waals surface area contributed by atoms with Gasteiger partial charge in [0.25, 0.3) is 5.69 Å². The van der Waals surface area contributed by atoms with E-state index in [-0.39, 0.29) is 17.7 Å². The van der Waals surface area contributed by atoms with Gasteiger partial charge in [0, 0.05) is 29.0 Å². The molecule has 8 nitrogen and oxygen atoms in total. The van der Waals surface area contributed by atoms with E-state index in [0.29, 0.717) is 16.3 Å². The molecule has 3 rings (SSSR count). The first-order valence-electron chi connectivity index (χ1n) is 6.30. The summed E-state index contributed by atoms with van der Waals surface area (Å²) in [6.07, 6.45) is -0.234. The number of carbonyl (C=O) groups excluding carboxylic acids is 2. The van der Waals surface area contributed by atoms with Gasteiger partial charge in [-0.15, -0.1) is 0 Å². The van der Waals surface area contributed by atoms with Gasteiger partial charge in [-0.05, 0) is 22.4 Å². The average Bonchev–Trinajstić information content (AvgIpc) is 2.45. The van der Waals surface area contributed by atoms with Crippen LogP contribution in [0.3, 0.4) is 0 Å². The Morgan fingerprint density at radius 3 is 2.41 bits per heavy atom. The Balaban J connectivity index is 2.22. The molecule has 0 saturated carbocycles.